The highest BCUT2D eigenvalue weighted by atomic mass is 19.3. The Morgan fingerprint density at radius 3 is 2.67 bits per heavy atom. The maximum atomic E-state index is 12.6. The zero-order chi connectivity index (χ0) is 11.2. The number of fused-ring (bicyclic) bond motifs is 2. The Hall–Kier alpha value is -0.970. The van der Waals surface area contributed by atoms with Gasteiger partial charge in [0.1, 0.15) is 0 Å². The Balaban J connectivity index is 2.27. The third-order valence-electron chi connectivity index (χ3n) is 3.59. The Bertz CT molecular complexity index is 325. The maximum absolute atomic E-state index is 12.6. The van der Waals surface area contributed by atoms with Crippen LogP contribution >= 0.6 is 0 Å². The molecular weight excluding hydrogens is 204 g/mol. The van der Waals surface area contributed by atoms with Crippen molar-refractivity contribution >= 4 is 5.97 Å². The number of rotatable bonds is 1. The minimum atomic E-state index is -1.65. The van der Waals surface area contributed by atoms with Crippen LogP contribution in [0.4, 0.5) is 8.78 Å². The van der Waals surface area contributed by atoms with Gasteiger partial charge in [-0.25, -0.2) is 0 Å². The molecule has 2 aliphatic carbocycles. The molecule has 2 saturated carbocycles. The first kappa shape index (κ1) is 10.5. The van der Waals surface area contributed by atoms with E-state index in [4.69, 9.17) is 5.73 Å². The third kappa shape index (κ3) is 1.45. The van der Waals surface area contributed by atoms with Crippen LogP contribution in [0.25, 0.3) is 0 Å². The molecule has 0 radical (unpaired) electrons. The molecule has 5 heteroatoms. The fourth-order valence-electron chi connectivity index (χ4n) is 2.88. The molecular formula is C10H13F2NO2. The summed E-state index contributed by atoms with van der Waals surface area (Å²) in [7, 11) is 1.26. The van der Waals surface area contributed by atoms with E-state index < -0.39 is 23.9 Å². The smallest absolute Gasteiger partial charge is 0.310 e. The molecule has 2 rings (SSSR count). The second kappa shape index (κ2) is 3.56. The van der Waals surface area contributed by atoms with Crippen LogP contribution in [0.1, 0.15) is 12.8 Å². The lowest BCUT2D eigenvalue weighted by molar-refractivity contribution is -0.147. The molecule has 15 heavy (non-hydrogen) atoms. The van der Waals surface area contributed by atoms with E-state index in [9.17, 15) is 13.6 Å². The van der Waals surface area contributed by atoms with Crippen molar-refractivity contribution in [1.82, 2.24) is 0 Å². The number of hydrogen-bond acceptors (Lipinski definition) is 3. The highest BCUT2D eigenvalue weighted by molar-refractivity contribution is 5.75. The molecule has 2 aliphatic rings. The molecule has 0 aromatic rings. The number of esters is 1. The number of carbonyl (C=O) groups is 1. The fraction of sp³-hybridized carbons (Fsp3) is 0.700. The molecule has 0 amide bonds. The van der Waals surface area contributed by atoms with Gasteiger partial charge in [0.05, 0.1) is 13.0 Å². The molecule has 0 aliphatic heterocycles. The Morgan fingerprint density at radius 1 is 1.53 bits per heavy atom. The molecule has 3 nitrogen and oxygen atoms in total. The summed E-state index contributed by atoms with van der Waals surface area (Å²) in [6.07, 6.45) is -0.724. The van der Waals surface area contributed by atoms with Crippen molar-refractivity contribution in [1.29, 1.82) is 0 Å². The molecule has 0 spiro atoms. The van der Waals surface area contributed by atoms with Crippen LogP contribution in [-0.4, -0.2) is 19.1 Å². The molecule has 0 unspecified atom stereocenters. The van der Waals surface area contributed by atoms with Gasteiger partial charge in [0, 0.05) is 12.0 Å². The highest BCUT2D eigenvalue weighted by Crippen LogP contribution is 2.52. The monoisotopic (exact) mass is 217 g/mol. The number of methoxy groups -OCH3 is 1. The van der Waals surface area contributed by atoms with E-state index in [2.05, 4.69) is 4.74 Å². The van der Waals surface area contributed by atoms with Crippen molar-refractivity contribution in [3.8, 4) is 0 Å². The van der Waals surface area contributed by atoms with E-state index >= 15 is 0 Å². The summed E-state index contributed by atoms with van der Waals surface area (Å²) in [5.74, 6) is -1.43. The summed E-state index contributed by atoms with van der Waals surface area (Å²) < 4.78 is 29.7. The summed E-state index contributed by atoms with van der Waals surface area (Å²) in [6.45, 7) is 0. The lowest BCUT2D eigenvalue weighted by Gasteiger charge is -2.27. The van der Waals surface area contributed by atoms with Crippen LogP contribution in [0, 0.1) is 17.8 Å². The first-order chi connectivity index (χ1) is 7.06. The average molecular weight is 217 g/mol. The largest absolute Gasteiger partial charge is 0.469 e. The van der Waals surface area contributed by atoms with Crippen LogP contribution in [-0.2, 0) is 9.53 Å². The van der Waals surface area contributed by atoms with Gasteiger partial charge < -0.3 is 10.5 Å². The highest BCUT2D eigenvalue weighted by Gasteiger charge is 2.53. The van der Waals surface area contributed by atoms with E-state index in [0.29, 0.717) is 12.8 Å². The minimum absolute atomic E-state index is 0.00981. The normalized spacial score (nSPS) is 38.3. The van der Waals surface area contributed by atoms with Crippen molar-refractivity contribution < 1.29 is 18.3 Å². The van der Waals surface area contributed by atoms with Crippen molar-refractivity contribution in [3.63, 3.8) is 0 Å². The predicted octanol–water partition coefficient (Wildman–Crippen LogP) is 1.29. The summed E-state index contributed by atoms with van der Waals surface area (Å²) >= 11 is 0. The van der Waals surface area contributed by atoms with Crippen LogP contribution < -0.4 is 5.73 Å². The number of carbonyl (C=O) groups excluding carboxylic acids is 1. The molecule has 2 fully saturated rings. The van der Waals surface area contributed by atoms with Crippen molar-refractivity contribution in [2.45, 2.75) is 18.9 Å². The van der Waals surface area contributed by atoms with Gasteiger partial charge in [-0.2, -0.15) is 8.78 Å². The lowest BCUT2D eigenvalue weighted by atomic mass is 9.82. The molecule has 2 N–H and O–H groups in total. The predicted molar refractivity (Wildman–Crippen MR) is 48.9 cm³/mol. The second-order valence-electron chi connectivity index (χ2n) is 4.22. The third-order valence-corrected chi connectivity index (χ3v) is 3.59. The first-order valence-electron chi connectivity index (χ1n) is 4.93. The Morgan fingerprint density at radius 2 is 2.20 bits per heavy atom. The van der Waals surface area contributed by atoms with Gasteiger partial charge >= 0.3 is 5.97 Å². The van der Waals surface area contributed by atoms with Gasteiger partial charge in [-0.05, 0) is 24.3 Å². The zero-order valence-electron chi connectivity index (χ0n) is 8.37. The van der Waals surface area contributed by atoms with Gasteiger partial charge in [0.15, 0.2) is 0 Å². The van der Waals surface area contributed by atoms with E-state index in [-0.39, 0.29) is 17.5 Å². The fourth-order valence-corrected chi connectivity index (χ4v) is 2.88. The Kier molecular flexibility index (Phi) is 2.50. The van der Waals surface area contributed by atoms with E-state index in [1.807, 2.05) is 0 Å². The average Bonchev–Trinajstić information content (AvgIpc) is 2.73. The van der Waals surface area contributed by atoms with Gasteiger partial charge in [0.25, 0.3) is 6.08 Å². The van der Waals surface area contributed by atoms with Gasteiger partial charge in [0.2, 0.25) is 0 Å². The molecule has 0 heterocycles. The molecule has 2 bridgehead atoms. The van der Waals surface area contributed by atoms with E-state index in [1.165, 1.54) is 7.11 Å². The SMILES string of the molecule is COC(=O)[C@@H]1[C@H](N)[C@H]2CC(=C(F)F)[C@@H]1C2. The van der Waals surface area contributed by atoms with Gasteiger partial charge in [-0.1, -0.05) is 0 Å². The van der Waals surface area contributed by atoms with Gasteiger partial charge in [-0.3, -0.25) is 4.79 Å². The standard InChI is InChI=1S/C10H13F2NO2/c1-15-10(14)7-5-2-4(8(7)13)3-6(5)9(11)12/h4-5,7-8H,2-3,13H2,1H3/t4-,5+,7+,8-/m1/s1. The summed E-state index contributed by atoms with van der Waals surface area (Å²) in [5.41, 5.74) is 5.94. The molecule has 0 aromatic heterocycles. The first-order valence-corrected chi connectivity index (χ1v) is 4.93. The summed E-state index contributed by atoms with van der Waals surface area (Å²) in [5, 5.41) is 0. The summed E-state index contributed by atoms with van der Waals surface area (Å²) in [4.78, 5) is 11.4. The number of hydrogen-bond donors (Lipinski definition) is 1. The molecule has 84 valence electrons. The Labute approximate surface area is 86.3 Å². The van der Waals surface area contributed by atoms with Crippen molar-refractivity contribution in [2.75, 3.05) is 7.11 Å². The maximum Gasteiger partial charge on any atom is 0.310 e. The topological polar surface area (TPSA) is 52.3 Å². The number of allylic oxidation sites excluding steroid dienone is 1. The molecule has 0 saturated heterocycles. The van der Waals surface area contributed by atoms with Crippen LogP contribution in [0.3, 0.4) is 0 Å². The second-order valence-corrected chi connectivity index (χ2v) is 4.22. The van der Waals surface area contributed by atoms with E-state index in [1.54, 1.807) is 0 Å². The van der Waals surface area contributed by atoms with Crippen LogP contribution in [0.5, 0.6) is 0 Å². The zero-order valence-corrected chi connectivity index (χ0v) is 8.37. The molecule has 0 aromatic carbocycles. The van der Waals surface area contributed by atoms with Crippen molar-refractivity contribution in [3.05, 3.63) is 11.7 Å². The molecule has 4 atom stereocenters. The van der Waals surface area contributed by atoms with Crippen LogP contribution in [0.2, 0.25) is 0 Å². The van der Waals surface area contributed by atoms with Gasteiger partial charge in [-0.15, -0.1) is 0 Å². The number of nitrogens with two attached hydrogens (primary N) is 1. The minimum Gasteiger partial charge on any atom is -0.469 e. The number of halogens is 2. The van der Waals surface area contributed by atoms with Crippen LogP contribution in [0.15, 0.2) is 11.7 Å². The quantitative estimate of drug-likeness (QED) is 0.673. The summed E-state index contributed by atoms with van der Waals surface area (Å²) in [6, 6.07) is -0.328. The number of ether oxygens (including phenoxy) is 1. The van der Waals surface area contributed by atoms with E-state index in [0.717, 1.165) is 0 Å². The van der Waals surface area contributed by atoms with Crippen molar-refractivity contribution in [2.24, 2.45) is 23.5 Å². The lowest BCUT2D eigenvalue weighted by Crippen LogP contribution is -2.41.